The molecule has 0 spiro atoms. The van der Waals surface area contributed by atoms with Gasteiger partial charge < -0.3 is 10.6 Å². The lowest BCUT2D eigenvalue weighted by atomic mass is 9.93. The van der Waals surface area contributed by atoms with Gasteiger partial charge in [0.25, 0.3) is 0 Å². The van der Waals surface area contributed by atoms with Crippen molar-refractivity contribution in [2.24, 2.45) is 0 Å². The van der Waals surface area contributed by atoms with Gasteiger partial charge in [0.2, 0.25) is 0 Å². The van der Waals surface area contributed by atoms with Crippen LogP contribution in [0.5, 0.6) is 0 Å². The number of thiocarbonyl (C=S) groups is 1. The molecule has 2 N–H and O–H groups in total. The van der Waals surface area contributed by atoms with Crippen LogP contribution in [0.25, 0.3) is 0 Å². The minimum Gasteiger partial charge on any atom is -0.360 e. The molecule has 0 heterocycles. The molecule has 3 heteroatoms. The largest absolute Gasteiger partial charge is 0.360 e. The fraction of sp³-hybridized carbons (Fsp3) is 0.650. The van der Waals surface area contributed by atoms with Crippen molar-refractivity contribution in [3.8, 4) is 0 Å². The normalized spacial score (nSPS) is 15.7. The zero-order chi connectivity index (χ0) is 16.8. The van der Waals surface area contributed by atoms with Crippen molar-refractivity contribution < 1.29 is 0 Å². The van der Waals surface area contributed by atoms with Crippen LogP contribution < -0.4 is 10.6 Å². The third-order valence-electron chi connectivity index (χ3n) is 4.93. The molecule has 0 aromatic heterocycles. The van der Waals surface area contributed by atoms with Gasteiger partial charge in [-0.3, -0.25) is 0 Å². The van der Waals surface area contributed by atoms with Crippen molar-refractivity contribution >= 4 is 23.0 Å². The highest BCUT2D eigenvalue weighted by Crippen LogP contribution is 2.28. The van der Waals surface area contributed by atoms with E-state index < -0.39 is 0 Å². The van der Waals surface area contributed by atoms with Crippen molar-refractivity contribution in [3.63, 3.8) is 0 Å². The molecule has 0 amide bonds. The molecule has 2 nitrogen and oxygen atoms in total. The van der Waals surface area contributed by atoms with Gasteiger partial charge in [0.15, 0.2) is 5.11 Å². The molecule has 1 aliphatic rings. The van der Waals surface area contributed by atoms with E-state index in [9.17, 15) is 0 Å². The smallest absolute Gasteiger partial charge is 0.171 e. The van der Waals surface area contributed by atoms with E-state index in [1.165, 1.54) is 54.5 Å². The molecule has 0 saturated heterocycles. The molecule has 1 fully saturated rings. The SMILES string of the molecule is CCc1cc(C(C)C)cc(CC)c1NC(=S)NC1CCCCC1. The van der Waals surface area contributed by atoms with E-state index in [-0.39, 0.29) is 0 Å². The minimum absolute atomic E-state index is 0.550. The summed E-state index contributed by atoms with van der Waals surface area (Å²) in [4.78, 5) is 0. The van der Waals surface area contributed by atoms with E-state index in [0.29, 0.717) is 12.0 Å². The standard InChI is InChI=1S/C20H32N2S/c1-5-15-12-17(14(3)4)13-16(6-2)19(15)22-20(23)21-18-10-8-7-9-11-18/h12-14,18H,5-11H2,1-4H3,(H2,21,22,23). The molecule has 23 heavy (non-hydrogen) atoms. The summed E-state index contributed by atoms with van der Waals surface area (Å²) in [5.41, 5.74) is 5.41. The van der Waals surface area contributed by atoms with Crippen LogP contribution in [0.1, 0.15) is 82.4 Å². The molecule has 2 rings (SSSR count). The summed E-state index contributed by atoms with van der Waals surface area (Å²) < 4.78 is 0. The third-order valence-corrected chi connectivity index (χ3v) is 5.15. The molecular formula is C20H32N2S. The Hall–Kier alpha value is -1.09. The summed E-state index contributed by atoms with van der Waals surface area (Å²) >= 11 is 5.59. The van der Waals surface area contributed by atoms with Crippen molar-refractivity contribution in [2.45, 2.75) is 84.6 Å². The number of hydrogen-bond acceptors (Lipinski definition) is 1. The molecular weight excluding hydrogens is 300 g/mol. The van der Waals surface area contributed by atoms with Gasteiger partial charge in [0.05, 0.1) is 0 Å². The van der Waals surface area contributed by atoms with E-state index >= 15 is 0 Å². The fourth-order valence-corrected chi connectivity index (χ4v) is 3.70. The summed E-state index contributed by atoms with van der Waals surface area (Å²) in [6.45, 7) is 8.97. The van der Waals surface area contributed by atoms with Crippen molar-refractivity contribution in [1.29, 1.82) is 0 Å². The monoisotopic (exact) mass is 332 g/mol. The van der Waals surface area contributed by atoms with Crippen molar-refractivity contribution in [2.75, 3.05) is 5.32 Å². The lowest BCUT2D eigenvalue weighted by molar-refractivity contribution is 0.415. The van der Waals surface area contributed by atoms with Crippen LogP contribution in [0.3, 0.4) is 0 Å². The zero-order valence-corrected chi connectivity index (χ0v) is 16.0. The van der Waals surface area contributed by atoms with Crippen molar-refractivity contribution in [3.05, 3.63) is 28.8 Å². The minimum atomic E-state index is 0.550. The number of nitrogens with one attached hydrogen (secondary N) is 2. The van der Waals surface area contributed by atoms with Crippen molar-refractivity contribution in [1.82, 2.24) is 5.32 Å². The third kappa shape index (κ3) is 4.94. The van der Waals surface area contributed by atoms with Gasteiger partial charge in [-0.1, -0.05) is 59.1 Å². The Kier molecular flexibility index (Phi) is 6.88. The number of anilines is 1. The van der Waals surface area contributed by atoms with Gasteiger partial charge >= 0.3 is 0 Å². The highest BCUT2D eigenvalue weighted by molar-refractivity contribution is 7.80. The number of aryl methyl sites for hydroxylation is 2. The quantitative estimate of drug-likeness (QED) is 0.691. The second-order valence-corrected chi connectivity index (χ2v) is 7.42. The maximum atomic E-state index is 5.59. The summed E-state index contributed by atoms with van der Waals surface area (Å²) in [5.74, 6) is 0.562. The Morgan fingerprint density at radius 3 is 2.13 bits per heavy atom. The Morgan fingerprint density at radius 2 is 1.65 bits per heavy atom. The molecule has 0 unspecified atom stereocenters. The Morgan fingerprint density at radius 1 is 1.09 bits per heavy atom. The first kappa shape index (κ1) is 18.3. The van der Waals surface area contributed by atoms with E-state index in [2.05, 4.69) is 50.5 Å². The molecule has 0 atom stereocenters. The average molecular weight is 333 g/mol. The van der Waals surface area contributed by atoms with Crippen LogP contribution in [0.2, 0.25) is 0 Å². The molecule has 0 radical (unpaired) electrons. The van der Waals surface area contributed by atoms with E-state index in [4.69, 9.17) is 12.2 Å². The zero-order valence-electron chi connectivity index (χ0n) is 15.2. The van der Waals surface area contributed by atoms with Gasteiger partial charge in [0, 0.05) is 11.7 Å². The van der Waals surface area contributed by atoms with Gasteiger partial charge in [-0.15, -0.1) is 0 Å². The molecule has 1 aliphatic carbocycles. The molecule has 1 aromatic carbocycles. The Labute approximate surface area is 147 Å². The van der Waals surface area contributed by atoms with Crippen LogP contribution in [0.15, 0.2) is 12.1 Å². The second-order valence-electron chi connectivity index (χ2n) is 7.01. The predicted molar refractivity (Wildman–Crippen MR) is 106 cm³/mol. The average Bonchev–Trinajstić information content (AvgIpc) is 2.55. The predicted octanol–water partition coefficient (Wildman–Crippen LogP) is 5.55. The van der Waals surface area contributed by atoms with E-state index in [1.54, 1.807) is 0 Å². The second kappa shape index (κ2) is 8.68. The van der Waals surface area contributed by atoms with E-state index in [1.807, 2.05) is 0 Å². The summed E-state index contributed by atoms with van der Waals surface area (Å²) in [7, 11) is 0. The lowest BCUT2D eigenvalue weighted by Gasteiger charge is -2.26. The number of hydrogen-bond donors (Lipinski definition) is 2. The maximum absolute atomic E-state index is 5.59. The fourth-order valence-electron chi connectivity index (χ4n) is 3.43. The van der Waals surface area contributed by atoms with Crippen LogP contribution in [-0.4, -0.2) is 11.2 Å². The highest BCUT2D eigenvalue weighted by atomic mass is 32.1. The number of rotatable bonds is 5. The van der Waals surface area contributed by atoms with E-state index in [0.717, 1.165) is 18.0 Å². The summed E-state index contributed by atoms with van der Waals surface area (Å²) in [6, 6.07) is 5.24. The van der Waals surface area contributed by atoms with Gasteiger partial charge in [-0.2, -0.15) is 0 Å². The Bertz CT molecular complexity index is 505. The van der Waals surface area contributed by atoms with Crippen LogP contribution in [0.4, 0.5) is 5.69 Å². The summed E-state index contributed by atoms with van der Waals surface area (Å²) in [6.07, 6.45) is 8.57. The van der Waals surface area contributed by atoms with Gasteiger partial charge in [-0.05, 0) is 60.5 Å². The van der Waals surface area contributed by atoms with Gasteiger partial charge in [0.1, 0.15) is 0 Å². The summed E-state index contributed by atoms with van der Waals surface area (Å²) in [5, 5.41) is 7.83. The first-order valence-corrected chi connectivity index (χ1v) is 9.69. The first-order chi connectivity index (χ1) is 11.0. The Balaban J connectivity index is 2.15. The van der Waals surface area contributed by atoms with Crippen LogP contribution in [-0.2, 0) is 12.8 Å². The molecule has 128 valence electrons. The van der Waals surface area contributed by atoms with Crippen LogP contribution in [0, 0.1) is 0 Å². The molecule has 1 saturated carbocycles. The van der Waals surface area contributed by atoms with Gasteiger partial charge in [-0.25, -0.2) is 0 Å². The molecule has 0 bridgehead atoms. The lowest BCUT2D eigenvalue weighted by Crippen LogP contribution is -2.39. The first-order valence-electron chi connectivity index (χ1n) is 9.28. The molecule has 1 aromatic rings. The topological polar surface area (TPSA) is 24.1 Å². The molecule has 0 aliphatic heterocycles. The van der Waals surface area contributed by atoms with Crippen LogP contribution >= 0.6 is 12.2 Å². The highest BCUT2D eigenvalue weighted by Gasteiger charge is 2.16. The maximum Gasteiger partial charge on any atom is 0.171 e. The number of benzene rings is 1.